The molecule has 0 radical (unpaired) electrons. The van der Waals surface area contributed by atoms with Gasteiger partial charge in [0.05, 0.1) is 10.5 Å². The third kappa shape index (κ3) is 7.80. The van der Waals surface area contributed by atoms with Crippen LogP contribution in [0.3, 0.4) is 0 Å². The third-order valence-electron chi connectivity index (χ3n) is 9.54. The Morgan fingerprint density at radius 3 is 1.37 bits per heavy atom. The quantitative estimate of drug-likeness (QED) is 0.397. The van der Waals surface area contributed by atoms with Gasteiger partial charge in [-0.2, -0.15) is 0 Å². The van der Waals surface area contributed by atoms with Crippen LogP contribution < -0.4 is 15.6 Å². The molecule has 6 heterocycles. The second kappa shape index (κ2) is 12.9. The van der Waals surface area contributed by atoms with E-state index in [1.54, 1.807) is 4.90 Å². The van der Waals surface area contributed by atoms with Gasteiger partial charge in [-0.05, 0) is 72.1 Å². The summed E-state index contributed by atoms with van der Waals surface area (Å²) in [6, 6.07) is 2.43. The maximum absolute atomic E-state index is 12.0. The maximum atomic E-state index is 12.0. The van der Waals surface area contributed by atoms with Crippen LogP contribution >= 0.6 is 24.8 Å². The molecule has 6 saturated heterocycles. The summed E-state index contributed by atoms with van der Waals surface area (Å²) in [5.41, 5.74) is -0.477. The van der Waals surface area contributed by atoms with Crippen molar-refractivity contribution in [3.05, 3.63) is 0 Å². The van der Waals surface area contributed by atoms with Crippen LogP contribution in [-0.2, 0) is 24.8 Å². The fourth-order valence-corrected chi connectivity index (χ4v) is 9.62. The molecule has 0 saturated carbocycles. The average Bonchev–Trinajstić information content (AvgIpc) is 3.09. The fourth-order valence-electron chi connectivity index (χ4n) is 7.66. The van der Waals surface area contributed by atoms with E-state index < -0.39 is 30.9 Å². The Balaban J connectivity index is 0.000000227. The van der Waals surface area contributed by atoms with Gasteiger partial charge in [0.1, 0.15) is 5.60 Å². The number of likely N-dealkylation sites (tertiary alicyclic amines) is 1. The second-order valence-electron chi connectivity index (χ2n) is 13.4. The zero-order valence-corrected chi connectivity index (χ0v) is 27.4. The molecule has 6 aliphatic rings. The van der Waals surface area contributed by atoms with Gasteiger partial charge in [0.25, 0.3) is 0 Å². The maximum Gasteiger partial charge on any atom is 0.410 e. The minimum atomic E-state index is -3.45. The van der Waals surface area contributed by atoms with E-state index >= 15 is 0 Å². The Morgan fingerprint density at radius 1 is 0.707 bits per heavy atom. The highest BCUT2D eigenvalue weighted by atomic mass is 35.5. The molecule has 6 fully saturated rings. The molecular formula is C25H48Cl2N6O6S2. The van der Waals surface area contributed by atoms with Crippen molar-refractivity contribution in [3.8, 4) is 0 Å². The van der Waals surface area contributed by atoms with E-state index in [0.29, 0.717) is 50.1 Å². The molecule has 6 aliphatic heterocycles. The lowest BCUT2D eigenvalue weighted by Gasteiger charge is -2.50. The first-order chi connectivity index (χ1) is 18.1. The molecule has 4 bridgehead atoms. The molecule has 240 valence electrons. The van der Waals surface area contributed by atoms with Crippen molar-refractivity contribution in [2.75, 3.05) is 26.2 Å². The summed E-state index contributed by atoms with van der Waals surface area (Å²) < 4.78 is 51.5. The van der Waals surface area contributed by atoms with E-state index in [1.807, 2.05) is 20.8 Å². The predicted octanol–water partition coefficient (Wildman–Crippen LogP) is 0.975. The van der Waals surface area contributed by atoms with Gasteiger partial charge < -0.3 is 15.0 Å². The first-order valence-corrected chi connectivity index (χ1v) is 17.6. The van der Waals surface area contributed by atoms with Crippen LogP contribution in [0.4, 0.5) is 4.79 Å². The lowest BCUT2D eigenvalue weighted by molar-refractivity contribution is -0.0339. The number of nitrogens with one attached hydrogen (secondary N) is 1. The van der Waals surface area contributed by atoms with E-state index in [9.17, 15) is 21.6 Å². The van der Waals surface area contributed by atoms with E-state index in [-0.39, 0.29) is 48.2 Å². The molecule has 0 spiro atoms. The standard InChI is InChI=1S/C15H27N3O4S.C10H19N3O2S.2ClH/c1-15(2,3)22-14(19)17-8-12(9-17)18-10-4-5-11(18)7-13(6-10)23(16,20)21;11-16(14,15)10-3-7-1-2-8(4-10)13(7)9-5-12-6-9;;/h10-13H,4-9H2,1-3H3,(H2,16,20,21);7-10,12H,1-6H2,(H2,11,14,15);2*1H/t10-,11+,13?;7-,8+,10?;;. The van der Waals surface area contributed by atoms with E-state index in [1.165, 1.54) is 0 Å². The van der Waals surface area contributed by atoms with Gasteiger partial charge >= 0.3 is 6.09 Å². The molecule has 0 aliphatic carbocycles. The number of sulfonamides is 2. The number of fused-ring (bicyclic) bond motifs is 4. The molecule has 0 aromatic rings. The molecule has 6 atom stereocenters. The van der Waals surface area contributed by atoms with E-state index in [4.69, 9.17) is 15.0 Å². The van der Waals surface area contributed by atoms with Crippen molar-refractivity contribution in [2.45, 2.75) is 124 Å². The summed E-state index contributed by atoms with van der Waals surface area (Å²) in [5, 5.41) is 13.2. The van der Waals surface area contributed by atoms with E-state index in [0.717, 1.165) is 51.6 Å². The number of hydrogen-bond donors (Lipinski definition) is 3. The van der Waals surface area contributed by atoms with Gasteiger partial charge in [0, 0.05) is 62.4 Å². The van der Waals surface area contributed by atoms with Crippen molar-refractivity contribution in [3.63, 3.8) is 0 Å². The number of carbonyl (C=O) groups is 1. The highest BCUT2D eigenvalue weighted by Crippen LogP contribution is 2.41. The van der Waals surface area contributed by atoms with Gasteiger partial charge in [-0.3, -0.25) is 9.80 Å². The topological polar surface area (TPSA) is 168 Å². The van der Waals surface area contributed by atoms with Crippen LogP contribution in [0.2, 0.25) is 0 Å². The monoisotopic (exact) mass is 662 g/mol. The SMILES string of the molecule is CC(C)(C)OC(=O)N1CC(N2[C@@H]3CC[C@H]2CC(S(N)(=O)=O)C3)C1.Cl.Cl.NS(=O)(=O)C1C[C@H]2CC[C@@H](C1)N2C1CNC1. The molecule has 41 heavy (non-hydrogen) atoms. The number of rotatable bonds is 4. The van der Waals surface area contributed by atoms with Crippen molar-refractivity contribution >= 4 is 51.0 Å². The summed E-state index contributed by atoms with van der Waals surface area (Å²) in [4.78, 5) is 18.7. The number of amides is 1. The Bertz CT molecular complexity index is 1120. The van der Waals surface area contributed by atoms with Gasteiger partial charge in [0.15, 0.2) is 0 Å². The first-order valence-electron chi connectivity index (χ1n) is 14.4. The minimum absolute atomic E-state index is 0. The van der Waals surface area contributed by atoms with Gasteiger partial charge in [-0.25, -0.2) is 31.9 Å². The number of primary sulfonamides is 2. The minimum Gasteiger partial charge on any atom is -0.444 e. The zero-order valence-electron chi connectivity index (χ0n) is 24.2. The highest BCUT2D eigenvalue weighted by molar-refractivity contribution is 7.90. The molecule has 5 N–H and O–H groups in total. The molecular weight excluding hydrogens is 615 g/mol. The largest absolute Gasteiger partial charge is 0.444 e. The highest BCUT2D eigenvalue weighted by Gasteiger charge is 2.50. The van der Waals surface area contributed by atoms with Crippen LogP contribution in [-0.4, -0.2) is 116 Å². The fraction of sp³-hybridized carbons (Fsp3) is 0.960. The van der Waals surface area contributed by atoms with Crippen LogP contribution in [0.15, 0.2) is 0 Å². The summed E-state index contributed by atoms with van der Waals surface area (Å²) in [7, 11) is -6.78. The lowest BCUT2D eigenvalue weighted by Crippen LogP contribution is -2.65. The number of carbonyl (C=O) groups excluding carboxylic acids is 1. The predicted molar refractivity (Wildman–Crippen MR) is 162 cm³/mol. The number of nitrogens with zero attached hydrogens (tertiary/aromatic N) is 3. The van der Waals surface area contributed by atoms with Crippen LogP contribution in [0, 0.1) is 0 Å². The third-order valence-corrected chi connectivity index (χ3v) is 12.2. The molecule has 2 unspecified atom stereocenters. The van der Waals surface area contributed by atoms with Crippen molar-refractivity contribution in [1.29, 1.82) is 0 Å². The average molecular weight is 664 g/mol. The number of hydrogen-bond acceptors (Lipinski definition) is 9. The Morgan fingerprint density at radius 2 is 1.07 bits per heavy atom. The molecule has 12 nitrogen and oxygen atoms in total. The Kier molecular flexibility index (Phi) is 11.0. The van der Waals surface area contributed by atoms with Crippen molar-refractivity contribution in [1.82, 2.24) is 20.0 Å². The molecule has 0 aromatic carbocycles. The normalized spacial score (nSPS) is 34.3. The Hall–Kier alpha value is -0.450. The molecule has 0 aromatic heterocycles. The van der Waals surface area contributed by atoms with Crippen LogP contribution in [0.25, 0.3) is 0 Å². The summed E-state index contributed by atoms with van der Waals surface area (Å²) in [6.45, 7) is 9.05. The molecule has 16 heteroatoms. The summed E-state index contributed by atoms with van der Waals surface area (Å²) in [5.74, 6) is 0. The summed E-state index contributed by atoms with van der Waals surface area (Å²) >= 11 is 0. The van der Waals surface area contributed by atoms with Crippen LogP contribution in [0.1, 0.15) is 72.1 Å². The first kappa shape index (κ1) is 35.0. The number of halogens is 2. The van der Waals surface area contributed by atoms with Gasteiger partial charge in [0.2, 0.25) is 20.0 Å². The number of nitrogens with two attached hydrogens (primary N) is 2. The smallest absolute Gasteiger partial charge is 0.410 e. The molecule has 1 amide bonds. The van der Waals surface area contributed by atoms with E-state index in [2.05, 4.69) is 15.1 Å². The number of piperidine rings is 2. The lowest BCUT2D eigenvalue weighted by atomic mass is 9.96. The van der Waals surface area contributed by atoms with Crippen molar-refractivity contribution < 1.29 is 26.4 Å². The van der Waals surface area contributed by atoms with Gasteiger partial charge in [-0.15, -0.1) is 24.8 Å². The molecule has 6 rings (SSSR count). The summed E-state index contributed by atoms with van der Waals surface area (Å²) in [6.07, 6.45) is 6.81. The van der Waals surface area contributed by atoms with Crippen molar-refractivity contribution in [2.24, 2.45) is 10.3 Å². The number of ether oxygens (including phenoxy) is 1. The Labute approximate surface area is 257 Å². The zero-order chi connectivity index (χ0) is 28.3. The van der Waals surface area contributed by atoms with Crippen LogP contribution in [0.5, 0.6) is 0 Å². The van der Waals surface area contributed by atoms with Gasteiger partial charge in [-0.1, -0.05) is 0 Å². The second-order valence-corrected chi connectivity index (χ2v) is 17.1.